The quantitative estimate of drug-likeness (QED) is 0.529. The molecule has 0 saturated carbocycles. The molecule has 0 aliphatic rings. The Hall–Kier alpha value is -2.90. The van der Waals surface area contributed by atoms with Gasteiger partial charge in [-0.15, -0.1) is 0 Å². The van der Waals surface area contributed by atoms with Crippen LogP contribution in [-0.4, -0.2) is 39.1 Å². The second kappa shape index (κ2) is 8.66. The van der Waals surface area contributed by atoms with Crippen LogP contribution in [0.4, 0.5) is 10.6 Å². The Morgan fingerprint density at radius 1 is 1.22 bits per heavy atom. The number of aryl methyl sites for hydroxylation is 2. The van der Waals surface area contributed by atoms with Gasteiger partial charge in [0.1, 0.15) is 22.4 Å². The number of unbranched alkanes of at least 4 members (excludes halogenated alkanes) is 2. The lowest BCUT2D eigenvalue weighted by Gasteiger charge is -2.11. The van der Waals surface area contributed by atoms with Crippen molar-refractivity contribution < 1.29 is 4.79 Å². The number of nitrogens with one attached hydrogen (secondary N) is 2. The summed E-state index contributed by atoms with van der Waals surface area (Å²) in [6.07, 6.45) is 6.65. The van der Waals surface area contributed by atoms with Crippen molar-refractivity contribution in [3.63, 3.8) is 0 Å². The predicted octanol–water partition coefficient (Wildman–Crippen LogP) is 2.61. The first kappa shape index (κ1) is 18.9. The summed E-state index contributed by atoms with van der Waals surface area (Å²) in [5.41, 5.74) is 9.50. The summed E-state index contributed by atoms with van der Waals surface area (Å²) in [4.78, 5) is 25.1. The van der Waals surface area contributed by atoms with Gasteiger partial charge in [-0.2, -0.15) is 0 Å². The summed E-state index contributed by atoms with van der Waals surface area (Å²) in [6.45, 7) is 3.61. The van der Waals surface area contributed by atoms with Crippen LogP contribution in [0.3, 0.4) is 0 Å². The molecule has 0 fully saturated rings. The number of nitrogens with two attached hydrogens (primary N) is 1. The highest BCUT2D eigenvalue weighted by molar-refractivity contribution is 6.04. The fraction of sp³-hybridized carbons (Fsp3) is 0.474. The van der Waals surface area contributed by atoms with E-state index in [1.807, 2.05) is 12.1 Å². The van der Waals surface area contributed by atoms with Gasteiger partial charge in [-0.1, -0.05) is 13.3 Å². The molecule has 27 heavy (non-hydrogen) atoms. The molecule has 0 aliphatic heterocycles. The Morgan fingerprint density at radius 2 is 2.07 bits per heavy atom. The number of urea groups is 1. The van der Waals surface area contributed by atoms with Crippen molar-refractivity contribution in [3.05, 3.63) is 24.2 Å². The SMILES string of the molecule is CCCCc1nc2c(N)nc3cccnc3c2n1CCCCNC(=O)NC. The molecule has 0 radical (unpaired) electrons. The van der Waals surface area contributed by atoms with Crippen molar-refractivity contribution in [1.29, 1.82) is 0 Å². The molecule has 4 N–H and O–H groups in total. The molecule has 3 aromatic rings. The number of rotatable bonds is 8. The number of nitrogen functional groups attached to an aromatic ring is 1. The Balaban J connectivity index is 1.91. The van der Waals surface area contributed by atoms with Crippen molar-refractivity contribution in [2.45, 2.75) is 45.6 Å². The van der Waals surface area contributed by atoms with E-state index in [-0.39, 0.29) is 6.03 Å². The maximum atomic E-state index is 11.3. The molecule has 0 spiro atoms. The van der Waals surface area contributed by atoms with Crippen LogP contribution < -0.4 is 16.4 Å². The minimum absolute atomic E-state index is 0.152. The lowest BCUT2D eigenvalue weighted by molar-refractivity contribution is 0.242. The molecule has 0 bridgehead atoms. The van der Waals surface area contributed by atoms with E-state index in [0.29, 0.717) is 12.4 Å². The zero-order valence-electron chi connectivity index (χ0n) is 16.0. The normalized spacial score (nSPS) is 11.2. The summed E-state index contributed by atoms with van der Waals surface area (Å²) in [7, 11) is 1.61. The number of carbonyl (C=O) groups is 1. The van der Waals surface area contributed by atoms with Crippen LogP contribution in [-0.2, 0) is 13.0 Å². The van der Waals surface area contributed by atoms with Crippen molar-refractivity contribution in [2.24, 2.45) is 0 Å². The Kier molecular flexibility index (Phi) is 6.05. The zero-order valence-corrected chi connectivity index (χ0v) is 16.0. The third-order valence-corrected chi connectivity index (χ3v) is 4.62. The standard InChI is InChI=1S/C19H27N7O/c1-3-4-9-14-25-16-17(15-13(24-18(16)20)8-7-11-22-15)26(14)12-6-5-10-23-19(27)21-2/h7-8,11H,3-6,9-10,12H2,1-2H3,(H2,20,24)(H2,21,23,27). The largest absolute Gasteiger partial charge is 0.382 e. The Morgan fingerprint density at radius 3 is 2.85 bits per heavy atom. The van der Waals surface area contributed by atoms with Gasteiger partial charge in [0, 0.05) is 32.8 Å². The third-order valence-electron chi connectivity index (χ3n) is 4.62. The summed E-state index contributed by atoms with van der Waals surface area (Å²) < 4.78 is 2.23. The Labute approximate surface area is 158 Å². The lowest BCUT2D eigenvalue weighted by atomic mass is 10.2. The number of amides is 2. The van der Waals surface area contributed by atoms with E-state index in [2.05, 4.69) is 32.1 Å². The summed E-state index contributed by atoms with van der Waals surface area (Å²) >= 11 is 0. The second-order valence-corrected chi connectivity index (χ2v) is 6.56. The van der Waals surface area contributed by atoms with E-state index in [0.717, 1.165) is 66.5 Å². The van der Waals surface area contributed by atoms with Gasteiger partial charge >= 0.3 is 6.03 Å². The van der Waals surface area contributed by atoms with Crippen molar-refractivity contribution >= 4 is 33.9 Å². The van der Waals surface area contributed by atoms with Gasteiger partial charge in [-0.3, -0.25) is 4.98 Å². The molecule has 3 heterocycles. The smallest absolute Gasteiger partial charge is 0.314 e. The third kappa shape index (κ3) is 4.10. The molecular weight excluding hydrogens is 342 g/mol. The van der Waals surface area contributed by atoms with E-state index in [1.165, 1.54) is 0 Å². The van der Waals surface area contributed by atoms with E-state index in [9.17, 15) is 4.79 Å². The molecule has 0 aliphatic carbocycles. The van der Waals surface area contributed by atoms with Crippen LogP contribution >= 0.6 is 0 Å². The van der Waals surface area contributed by atoms with E-state index in [4.69, 9.17) is 10.7 Å². The van der Waals surface area contributed by atoms with E-state index >= 15 is 0 Å². The van der Waals surface area contributed by atoms with Crippen LogP contribution in [0.2, 0.25) is 0 Å². The maximum Gasteiger partial charge on any atom is 0.314 e. The highest BCUT2D eigenvalue weighted by Gasteiger charge is 2.17. The first-order chi connectivity index (χ1) is 13.2. The van der Waals surface area contributed by atoms with Crippen LogP contribution in [0.1, 0.15) is 38.4 Å². The number of hydrogen-bond acceptors (Lipinski definition) is 5. The molecule has 2 amide bonds. The summed E-state index contributed by atoms with van der Waals surface area (Å²) in [6, 6.07) is 3.64. The van der Waals surface area contributed by atoms with Gasteiger partial charge in [0.05, 0.1) is 5.52 Å². The molecule has 0 atom stereocenters. The van der Waals surface area contributed by atoms with Gasteiger partial charge in [0.15, 0.2) is 5.82 Å². The van der Waals surface area contributed by atoms with Crippen LogP contribution in [0.15, 0.2) is 18.3 Å². The van der Waals surface area contributed by atoms with Gasteiger partial charge < -0.3 is 20.9 Å². The molecule has 3 rings (SSSR count). The Bertz CT molecular complexity index is 935. The highest BCUT2D eigenvalue weighted by atomic mass is 16.2. The number of nitrogens with zero attached hydrogens (tertiary/aromatic N) is 4. The number of carbonyl (C=O) groups excluding carboxylic acids is 1. The van der Waals surface area contributed by atoms with E-state index < -0.39 is 0 Å². The van der Waals surface area contributed by atoms with Gasteiger partial charge in [-0.25, -0.2) is 14.8 Å². The molecule has 0 unspecified atom stereocenters. The maximum absolute atomic E-state index is 11.3. The second-order valence-electron chi connectivity index (χ2n) is 6.56. The molecule has 8 nitrogen and oxygen atoms in total. The number of fused-ring (bicyclic) bond motifs is 3. The number of imidazole rings is 1. The van der Waals surface area contributed by atoms with Crippen LogP contribution in [0.25, 0.3) is 22.1 Å². The lowest BCUT2D eigenvalue weighted by Crippen LogP contribution is -2.33. The number of aromatic nitrogens is 4. The fourth-order valence-corrected chi connectivity index (χ4v) is 3.22. The number of pyridine rings is 2. The monoisotopic (exact) mass is 369 g/mol. The summed E-state index contributed by atoms with van der Waals surface area (Å²) in [5.74, 6) is 1.47. The minimum atomic E-state index is -0.152. The number of hydrogen-bond donors (Lipinski definition) is 3. The zero-order chi connectivity index (χ0) is 19.2. The molecule has 144 valence electrons. The highest BCUT2D eigenvalue weighted by Crippen LogP contribution is 2.28. The molecule has 8 heteroatoms. The van der Waals surface area contributed by atoms with Gasteiger partial charge in [-0.05, 0) is 31.4 Å². The fourth-order valence-electron chi connectivity index (χ4n) is 3.22. The predicted molar refractivity (Wildman–Crippen MR) is 108 cm³/mol. The topological polar surface area (TPSA) is 111 Å². The van der Waals surface area contributed by atoms with E-state index in [1.54, 1.807) is 13.2 Å². The molecule has 0 saturated heterocycles. The first-order valence-corrected chi connectivity index (χ1v) is 9.50. The average molecular weight is 369 g/mol. The molecular formula is C19H27N7O. The number of anilines is 1. The van der Waals surface area contributed by atoms with Crippen LogP contribution in [0.5, 0.6) is 0 Å². The molecule has 3 aromatic heterocycles. The van der Waals surface area contributed by atoms with Crippen molar-refractivity contribution in [2.75, 3.05) is 19.3 Å². The van der Waals surface area contributed by atoms with Crippen molar-refractivity contribution in [3.8, 4) is 0 Å². The van der Waals surface area contributed by atoms with Gasteiger partial charge in [0.2, 0.25) is 0 Å². The minimum Gasteiger partial charge on any atom is -0.382 e. The van der Waals surface area contributed by atoms with Crippen LogP contribution in [0, 0.1) is 0 Å². The summed E-state index contributed by atoms with van der Waals surface area (Å²) in [5, 5.41) is 5.38. The van der Waals surface area contributed by atoms with Gasteiger partial charge in [0.25, 0.3) is 0 Å². The average Bonchev–Trinajstić information content (AvgIpc) is 3.05. The molecule has 0 aromatic carbocycles. The van der Waals surface area contributed by atoms with Crippen molar-refractivity contribution in [1.82, 2.24) is 30.2 Å². The first-order valence-electron chi connectivity index (χ1n) is 9.50.